The fraction of sp³-hybridized carbons (Fsp3) is 0.370. The largest absolute Gasteiger partial charge is 0.490 e. The average Bonchev–Trinajstić information content (AvgIpc) is 2.79. The topological polar surface area (TPSA) is 28.6 Å². The quantitative estimate of drug-likeness (QED) is 0.523. The van der Waals surface area contributed by atoms with E-state index in [2.05, 4.69) is 89.5 Å². The fourth-order valence-corrected chi connectivity index (χ4v) is 4.28. The van der Waals surface area contributed by atoms with Crippen LogP contribution in [0.4, 0.5) is 0 Å². The molecular weight excluding hydrogens is 382 g/mol. The zero-order chi connectivity index (χ0) is 21.5. The van der Waals surface area contributed by atoms with Crippen molar-refractivity contribution in [3.8, 4) is 16.9 Å². The Labute approximate surface area is 186 Å². The smallest absolute Gasteiger partial charge is 0.120 e. The van der Waals surface area contributed by atoms with Crippen molar-refractivity contribution in [3.63, 3.8) is 0 Å². The van der Waals surface area contributed by atoms with Crippen molar-refractivity contribution in [2.45, 2.75) is 31.9 Å². The molecule has 1 aliphatic rings. The molecule has 1 aromatic heterocycles. The van der Waals surface area contributed by atoms with Gasteiger partial charge in [-0.05, 0) is 67.9 Å². The van der Waals surface area contributed by atoms with Gasteiger partial charge in [0, 0.05) is 44.5 Å². The summed E-state index contributed by atoms with van der Waals surface area (Å²) >= 11 is 0. The molecule has 0 radical (unpaired) electrons. The van der Waals surface area contributed by atoms with Crippen molar-refractivity contribution in [2.75, 3.05) is 33.7 Å². The third-order valence-electron chi connectivity index (χ3n) is 5.90. The molecule has 1 fully saturated rings. The number of benzene rings is 2. The van der Waals surface area contributed by atoms with Crippen LogP contribution in [0.3, 0.4) is 0 Å². The maximum Gasteiger partial charge on any atom is 0.120 e. The van der Waals surface area contributed by atoms with Crippen LogP contribution in [-0.4, -0.2) is 54.6 Å². The first-order valence-corrected chi connectivity index (χ1v) is 11.3. The molecule has 2 aromatic carbocycles. The van der Waals surface area contributed by atoms with E-state index in [1.807, 2.05) is 12.3 Å². The first-order valence-electron chi connectivity index (χ1n) is 11.3. The first-order chi connectivity index (χ1) is 15.2. The van der Waals surface area contributed by atoms with Crippen LogP contribution in [0.25, 0.3) is 11.1 Å². The highest BCUT2D eigenvalue weighted by Crippen LogP contribution is 2.29. The summed E-state index contributed by atoms with van der Waals surface area (Å²) in [5.41, 5.74) is 5.02. The average molecular weight is 416 g/mol. The van der Waals surface area contributed by atoms with Gasteiger partial charge in [0.25, 0.3) is 0 Å². The van der Waals surface area contributed by atoms with E-state index in [-0.39, 0.29) is 0 Å². The van der Waals surface area contributed by atoms with E-state index in [4.69, 9.17) is 4.74 Å². The molecule has 0 amide bonds. The molecule has 4 heteroatoms. The van der Waals surface area contributed by atoms with Crippen LogP contribution in [0.5, 0.6) is 5.75 Å². The molecule has 0 bridgehead atoms. The van der Waals surface area contributed by atoms with Crippen LogP contribution in [0, 0.1) is 0 Å². The number of hydrogen-bond acceptors (Lipinski definition) is 4. The van der Waals surface area contributed by atoms with E-state index >= 15 is 0 Å². The molecule has 3 aromatic rings. The van der Waals surface area contributed by atoms with Crippen molar-refractivity contribution in [3.05, 3.63) is 84.2 Å². The Bertz CT molecular complexity index is 949. The van der Waals surface area contributed by atoms with Gasteiger partial charge in [-0.3, -0.25) is 4.98 Å². The molecule has 0 spiro atoms. The summed E-state index contributed by atoms with van der Waals surface area (Å²) in [6, 6.07) is 23.4. The number of pyridine rings is 1. The molecule has 0 saturated carbocycles. The van der Waals surface area contributed by atoms with Gasteiger partial charge in [0.1, 0.15) is 11.9 Å². The Kier molecular flexibility index (Phi) is 7.34. The van der Waals surface area contributed by atoms with Crippen LogP contribution < -0.4 is 4.74 Å². The first kappa shape index (κ1) is 21.5. The minimum Gasteiger partial charge on any atom is -0.490 e. The summed E-state index contributed by atoms with van der Waals surface area (Å²) in [4.78, 5) is 9.17. The number of rotatable bonds is 8. The summed E-state index contributed by atoms with van der Waals surface area (Å²) in [5.74, 6) is 0.976. The number of hydrogen-bond donors (Lipinski definition) is 0. The molecular formula is C27H33N3O. The second kappa shape index (κ2) is 10.6. The predicted molar refractivity (Wildman–Crippen MR) is 127 cm³/mol. The highest BCUT2D eigenvalue weighted by atomic mass is 16.5. The predicted octanol–water partition coefficient (Wildman–Crippen LogP) is 4.90. The van der Waals surface area contributed by atoms with E-state index in [1.165, 1.54) is 22.4 Å². The van der Waals surface area contributed by atoms with Crippen molar-refractivity contribution >= 4 is 0 Å². The lowest BCUT2D eigenvalue weighted by Gasteiger charge is -2.32. The normalized spacial score (nSPS) is 15.3. The maximum atomic E-state index is 6.40. The molecule has 1 saturated heterocycles. The molecule has 4 rings (SSSR count). The highest BCUT2D eigenvalue weighted by molar-refractivity contribution is 5.68. The lowest BCUT2D eigenvalue weighted by atomic mass is 9.99. The molecule has 1 aliphatic heterocycles. The zero-order valence-electron chi connectivity index (χ0n) is 18.7. The van der Waals surface area contributed by atoms with Gasteiger partial charge in [-0.1, -0.05) is 42.5 Å². The second-order valence-corrected chi connectivity index (χ2v) is 8.65. The summed E-state index contributed by atoms with van der Waals surface area (Å²) in [6.45, 7) is 4.17. The molecule has 4 nitrogen and oxygen atoms in total. The van der Waals surface area contributed by atoms with Crippen molar-refractivity contribution in [1.82, 2.24) is 14.8 Å². The van der Waals surface area contributed by atoms with E-state index in [9.17, 15) is 0 Å². The van der Waals surface area contributed by atoms with Crippen molar-refractivity contribution in [2.24, 2.45) is 0 Å². The minimum atomic E-state index is 0.290. The second-order valence-electron chi connectivity index (χ2n) is 8.65. The number of ether oxygens (including phenoxy) is 1. The van der Waals surface area contributed by atoms with Crippen LogP contribution >= 0.6 is 0 Å². The fourth-order valence-electron chi connectivity index (χ4n) is 4.28. The highest BCUT2D eigenvalue weighted by Gasteiger charge is 2.20. The van der Waals surface area contributed by atoms with Gasteiger partial charge >= 0.3 is 0 Å². The van der Waals surface area contributed by atoms with Gasteiger partial charge in [0.05, 0.1) is 0 Å². The monoisotopic (exact) mass is 415 g/mol. The van der Waals surface area contributed by atoms with Gasteiger partial charge in [-0.2, -0.15) is 0 Å². The lowest BCUT2D eigenvalue weighted by molar-refractivity contribution is 0.101. The van der Waals surface area contributed by atoms with E-state index in [0.717, 1.165) is 51.2 Å². The third-order valence-corrected chi connectivity index (χ3v) is 5.90. The number of piperidine rings is 1. The summed E-state index contributed by atoms with van der Waals surface area (Å²) in [5, 5.41) is 0. The Morgan fingerprint density at radius 2 is 1.77 bits per heavy atom. The molecule has 0 unspecified atom stereocenters. The number of likely N-dealkylation sites (tertiary alicyclic amines) is 1. The SMILES string of the molecule is CN(C)Cc1ccccc1-c1cccc(OC2CCN(CCc3ccccn3)CC2)c1. The van der Waals surface area contributed by atoms with E-state index < -0.39 is 0 Å². The summed E-state index contributed by atoms with van der Waals surface area (Å²) in [7, 11) is 4.22. The number of aromatic nitrogens is 1. The van der Waals surface area contributed by atoms with Crippen LogP contribution in [-0.2, 0) is 13.0 Å². The van der Waals surface area contributed by atoms with Gasteiger partial charge in [0.15, 0.2) is 0 Å². The maximum absolute atomic E-state index is 6.40. The molecule has 0 N–H and O–H groups in total. The Morgan fingerprint density at radius 3 is 2.55 bits per heavy atom. The van der Waals surface area contributed by atoms with E-state index in [0.29, 0.717) is 6.10 Å². The van der Waals surface area contributed by atoms with Gasteiger partial charge in [-0.15, -0.1) is 0 Å². The van der Waals surface area contributed by atoms with Gasteiger partial charge < -0.3 is 14.5 Å². The number of nitrogens with zero attached hydrogens (tertiary/aromatic N) is 3. The summed E-state index contributed by atoms with van der Waals surface area (Å²) in [6.07, 6.45) is 5.33. The Hall–Kier alpha value is -2.69. The van der Waals surface area contributed by atoms with E-state index in [1.54, 1.807) is 0 Å². The Balaban J connectivity index is 1.33. The third kappa shape index (κ3) is 6.16. The summed E-state index contributed by atoms with van der Waals surface area (Å²) < 4.78 is 6.40. The van der Waals surface area contributed by atoms with Gasteiger partial charge in [0.2, 0.25) is 0 Å². The molecule has 31 heavy (non-hydrogen) atoms. The lowest BCUT2D eigenvalue weighted by Crippen LogP contribution is -2.39. The standard InChI is InChI=1S/C27H33N3O/c1-29(2)21-23-8-3-4-12-27(23)22-9-7-11-26(20-22)31-25-14-18-30(19-15-25)17-13-24-10-5-6-16-28-24/h3-12,16,20,25H,13-15,17-19,21H2,1-2H3. The molecule has 2 heterocycles. The Morgan fingerprint density at radius 1 is 0.968 bits per heavy atom. The van der Waals surface area contributed by atoms with Crippen LogP contribution in [0.1, 0.15) is 24.1 Å². The molecule has 162 valence electrons. The molecule has 0 aliphatic carbocycles. The van der Waals surface area contributed by atoms with Crippen LogP contribution in [0.2, 0.25) is 0 Å². The van der Waals surface area contributed by atoms with Crippen molar-refractivity contribution < 1.29 is 4.74 Å². The molecule has 0 atom stereocenters. The van der Waals surface area contributed by atoms with Gasteiger partial charge in [-0.25, -0.2) is 0 Å². The zero-order valence-corrected chi connectivity index (χ0v) is 18.7. The van der Waals surface area contributed by atoms with Crippen LogP contribution in [0.15, 0.2) is 72.9 Å². The van der Waals surface area contributed by atoms with Crippen molar-refractivity contribution in [1.29, 1.82) is 0 Å². The minimum absolute atomic E-state index is 0.290.